The minimum absolute atomic E-state index is 0.122. The van der Waals surface area contributed by atoms with Crippen LogP contribution in [-0.2, 0) is 6.54 Å². The number of hydrogen-bond acceptors (Lipinski definition) is 9. The number of benzene rings is 1. The monoisotopic (exact) mass is 437 g/mol. The zero-order valence-electron chi connectivity index (χ0n) is 17.9. The van der Waals surface area contributed by atoms with Gasteiger partial charge in [0.1, 0.15) is 6.33 Å². The van der Waals surface area contributed by atoms with Crippen molar-refractivity contribution < 1.29 is 14.4 Å². The minimum Gasteiger partial charge on any atom is -0.454 e. The van der Waals surface area contributed by atoms with E-state index < -0.39 is 4.92 Å². The molecule has 0 radical (unpaired) electrons. The summed E-state index contributed by atoms with van der Waals surface area (Å²) in [5.74, 6) is 2.06. The fraction of sp³-hybridized carbons (Fsp3) is 0.381. The van der Waals surface area contributed by atoms with Crippen molar-refractivity contribution in [1.29, 1.82) is 0 Å². The average Bonchev–Trinajstić information content (AvgIpc) is 3.38. The van der Waals surface area contributed by atoms with Crippen LogP contribution in [0, 0.1) is 24.0 Å². The molecule has 0 unspecified atom stereocenters. The number of nitro groups is 1. The largest absolute Gasteiger partial charge is 0.454 e. The summed E-state index contributed by atoms with van der Waals surface area (Å²) in [6, 6.07) is 7.83. The molecule has 0 amide bonds. The molecule has 0 atom stereocenters. The van der Waals surface area contributed by atoms with Gasteiger partial charge in [-0.15, -0.1) is 0 Å². The molecule has 5 rings (SSSR count). The van der Waals surface area contributed by atoms with Crippen molar-refractivity contribution >= 4 is 11.5 Å². The molecule has 2 aliphatic heterocycles. The first-order valence-electron chi connectivity index (χ1n) is 10.4. The quantitative estimate of drug-likeness (QED) is 0.438. The summed E-state index contributed by atoms with van der Waals surface area (Å²) >= 11 is 0. The van der Waals surface area contributed by atoms with E-state index in [1.54, 1.807) is 0 Å². The van der Waals surface area contributed by atoms with Gasteiger partial charge in [0.2, 0.25) is 18.4 Å². The number of piperazine rings is 1. The maximum atomic E-state index is 12.0. The Hall–Kier alpha value is -3.73. The number of aromatic nitrogens is 4. The Kier molecular flexibility index (Phi) is 5.10. The standard InChI is InChI=1S/C21H23N7O4/c1-14-9-15(2)27(24-14)21-19(28(29)30)20(22-12-23-21)26-7-5-25(6-8-26)11-16-3-4-17-18(10-16)32-13-31-17/h3-4,9-10,12H,5-8,11,13H2,1-2H3. The molecular weight excluding hydrogens is 414 g/mol. The first-order valence-corrected chi connectivity index (χ1v) is 10.4. The SMILES string of the molecule is Cc1cc(C)n(-c2ncnc(N3CCN(Cc4ccc5c(c4)OCO5)CC3)c2[N+](=O)[O-])n1. The van der Waals surface area contributed by atoms with Gasteiger partial charge < -0.3 is 14.4 Å². The normalized spacial score (nSPS) is 15.9. The summed E-state index contributed by atoms with van der Waals surface area (Å²) in [5, 5.41) is 16.4. The second kappa shape index (κ2) is 8.08. The zero-order chi connectivity index (χ0) is 22.2. The van der Waals surface area contributed by atoms with Crippen LogP contribution in [0.2, 0.25) is 0 Å². The number of aryl methyl sites for hydroxylation is 2. The first-order chi connectivity index (χ1) is 15.5. The maximum Gasteiger partial charge on any atom is 0.355 e. The molecule has 1 fully saturated rings. The highest BCUT2D eigenvalue weighted by Crippen LogP contribution is 2.34. The summed E-state index contributed by atoms with van der Waals surface area (Å²) < 4.78 is 12.3. The number of ether oxygens (including phenoxy) is 2. The molecule has 2 aromatic heterocycles. The van der Waals surface area contributed by atoms with E-state index >= 15 is 0 Å². The Morgan fingerprint density at radius 3 is 2.50 bits per heavy atom. The minimum atomic E-state index is -0.417. The lowest BCUT2D eigenvalue weighted by Crippen LogP contribution is -2.46. The van der Waals surface area contributed by atoms with Crippen molar-refractivity contribution in [3.05, 3.63) is 57.7 Å². The van der Waals surface area contributed by atoms with Crippen LogP contribution in [0.15, 0.2) is 30.6 Å². The van der Waals surface area contributed by atoms with Gasteiger partial charge in [0.15, 0.2) is 11.5 Å². The van der Waals surface area contributed by atoms with Crippen LogP contribution >= 0.6 is 0 Å². The van der Waals surface area contributed by atoms with E-state index in [1.807, 2.05) is 43.0 Å². The smallest absolute Gasteiger partial charge is 0.355 e. The molecule has 0 aliphatic carbocycles. The second-order valence-electron chi connectivity index (χ2n) is 7.92. The number of nitrogens with zero attached hydrogens (tertiary/aromatic N) is 7. The van der Waals surface area contributed by atoms with Crippen molar-refractivity contribution in [3.63, 3.8) is 0 Å². The van der Waals surface area contributed by atoms with Gasteiger partial charge in [0.05, 0.1) is 10.6 Å². The Morgan fingerprint density at radius 1 is 1.03 bits per heavy atom. The van der Waals surface area contributed by atoms with Gasteiger partial charge in [-0.25, -0.2) is 14.6 Å². The van der Waals surface area contributed by atoms with Crippen molar-refractivity contribution in [2.75, 3.05) is 37.9 Å². The van der Waals surface area contributed by atoms with Crippen LogP contribution in [0.3, 0.4) is 0 Å². The molecule has 0 bridgehead atoms. The fourth-order valence-corrected chi connectivity index (χ4v) is 4.17. The van der Waals surface area contributed by atoms with Crippen molar-refractivity contribution in [2.45, 2.75) is 20.4 Å². The Balaban J connectivity index is 1.34. The Bertz CT molecular complexity index is 1170. The summed E-state index contributed by atoms with van der Waals surface area (Å²) in [6.45, 7) is 7.48. The van der Waals surface area contributed by atoms with E-state index in [0.717, 1.165) is 48.1 Å². The van der Waals surface area contributed by atoms with Crippen molar-refractivity contribution in [2.24, 2.45) is 0 Å². The van der Waals surface area contributed by atoms with Gasteiger partial charge in [-0.2, -0.15) is 5.10 Å². The Morgan fingerprint density at radius 2 is 1.78 bits per heavy atom. The predicted octanol–water partition coefficient (Wildman–Crippen LogP) is 2.24. The van der Waals surface area contributed by atoms with E-state index in [0.29, 0.717) is 18.9 Å². The van der Waals surface area contributed by atoms with E-state index in [4.69, 9.17) is 9.47 Å². The van der Waals surface area contributed by atoms with Crippen LogP contribution in [0.25, 0.3) is 5.82 Å². The molecule has 0 N–H and O–H groups in total. The molecule has 4 heterocycles. The molecule has 32 heavy (non-hydrogen) atoms. The summed E-state index contributed by atoms with van der Waals surface area (Å²) in [7, 11) is 0. The van der Waals surface area contributed by atoms with Crippen molar-refractivity contribution in [3.8, 4) is 17.3 Å². The third-order valence-electron chi connectivity index (χ3n) is 5.69. The molecule has 3 aromatic rings. The summed E-state index contributed by atoms with van der Waals surface area (Å²) in [5.41, 5.74) is 2.57. The molecule has 0 saturated carbocycles. The van der Waals surface area contributed by atoms with Crippen LogP contribution in [0.1, 0.15) is 17.0 Å². The third kappa shape index (κ3) is 3.71. The summed E-state index contributed by atoms with van der Waals surface area (Å²) in [4.78, 5) is 24.3. The Labute approximate surface area is 184 Å². The lowest BCUT2D eigenvalue weighted by molar-refractivity contribution is -0.384. The molecule has 1 aromatic carbocycles. The van der Waals surface area contributed by atoms with Crippen LogP contribution in [0.4, 0.5) is 11.5 Å². The highest BCUT2D eigenvalue weighted by Gasteiger charge is 2.31. The topological polar surface area (TPSA) is 112 Å². The number of rotatable bonds is 5. The highest BCUT2D eigenvalue weighted by atomic mass is 16.7. The van der Waals surface area contributed by atoms with E-state index in [9.17, 15) is 10.1 Å². The van der Waals surface area contributed by atoms with Crippen LogP contribution in [-0.4, -0.2) is 62.5 Å². The van der Waals surface area contributed by atoms with Gasteiger partial charge in [-0.05, 0) is 37.6 Å². The predicted molar refractivity (Wildman–Crippen MR) is 115 cm³/mol. The summed E-state index contributed by atoms with van der Waals surface area (Å²) in [6.07, 6.45) is 1.37. The number of anilines is 1. The highest BCUT2D eigenvalue weighted by molar-refractivity contribution is 5.65. The maximum absolute atomic E-state index is 12.0. The molecule has 11 heteroatoms. The van der Waals surface area contributed by atoms with Gasteiger partial charge in [0.25, 0.3) is 0 Å². The van der Waals surface area contributed by atoms with Gasteiger partial charge in [-0.1, -0.05) is 6.07 Å². The average molecular weight is 437 g/mol. The lowest BCUT2D eigenvalue weighted by atomic mass is 10.1. The molecular formula is C21H23N7O4. The lowest BCUT2D eigenvalue weighted by Gasteiger charge is -2.35. The third-order valence-corrected chi connectivity index (χ3v) is 5.69. The molecule has 0 spiro atoms. The van der Waals surface area contributed by atoms with E-state index in [2.05, 4.69) is 20.0 Å². The molecule has 2 aliphatic rings. The number of fused-ring (bicyclic) bond motifs is 1. The van der Waals surface area contributed by atoms with Crippen molar-refractivity contribution in [1.82, 2.24) is 24.6 Å². The van der Waals surface area contributed by atoms with Crippen LogP contribution in [0.5, 0.6) is 11.5 Å². The molecule has 1 saturated heterocycles. The number of hydrogen-bond donors (Lipinski definition) is 0. The zero-order valence-corrected chi connectivity index (χ0v) is 17.9. The molecule has 166 valence electrons. The van der Waals surface area contributed by atoms with E-state index in [-0.39, 0.29) is 18.3 Å². The van der Waals surface area contributed by atoms with Gasteiger partial charge in [0, 0.05) is 38.4 Å². The second-order valence-corrected chi connectivity index (χ2v) is 7.92. The van der Waals surface area contributed by atoms with Gasteiger partial charge >= 0.3 is 5.69 Å². The fourth-order valence-electron chi connectivity index (χ4n) is 4.17. The molecule has 11 nitrogen and oxygen atoms in total. The first kappa shape index (κ1) is 20.2. The van der Waals surface area contributed by atoms with Crippen LogP contribution < -0.4 is 14.4 Å². The van der Waals surface area contributed by atoms with Gasteiger partial charge in [-0.3, -0.25) is 15.0 Å². The van der Waals surface area contributed by atoms with E-state index in [1.165, 1.54) is 11.0 Å².